The fourth-order valence-electron chi connectivity index (χ4n) is 1.10. The van der Waals surface area contributed by atoms with Crippen molar-refractivity contribution in [2.75, 3.05) is 0 Å². The predicted molar refractivity (Wildman–Crippen MR) is 58.0 cm³/mol. The van der Waals surface area contributed by atoms with E-state index in [-0.39, 0.29) is 24.0 Å². The van der Waals surface area contributed by atoms with Gasteiger partial charge in [-0.05, 0) is 0 Å². The Kier molecular flexibility index (Phi) is 6.91. The maximum absolute atomic E-state index is 8.47. The largest absolute Gasteiger partial charge is 1.00 e. The summed E-state index contributed by atoms with van der Waals surface area (Å²) in [5.74, 6) is 0. The third-order valence-corrected chi connectivity index (χ3v) is 2.72. The summed E-state index contributed by atoms with van der Waals surface area (Å²) in [6.45, 7) is 4.30. The zero-order valence-corrected chi connectivity index (χ0v) is 12.0. The first-order chi connectivity index (χ1) is 6.63. The average Bonchev–Trinajstić information content (AvgIpc) is 2.10. The van der Waals surface area contributed by atoms with Gasteiger partial charge in [-0.2, -0.15) is 0 Å². The van der Waals surface area contributed by atoms with Crippen LogP contribution in [-0.4, -0.2) is 16.7 Å². The van der Waals surface area contributed by atoms with E-state index in [2.05, 4.69) is 25.1 Å². The molecule has 0 unspecified atom stereocenters. The lowest BCUT2D eigenvalue weighted by Gasteiger charge is -2.03. The molecule has 0 fully saturated rings. The van der Waals surface area contributed by atoms with E-state index in [1.165, 1.54) is 11.1 Å². The number of aromatic nitrogens is 1. The predicted octanol–water partition coefficient (Wildman–Crippen LogP) is -1.18. The molecule has 0 aromatic carbocycles. The molecule has 0 spiro atoms. The van der Waals surface area contributed by atoms with Crippen molar-refractivity contribution >= 4 is 18.0 Å². The second kappa shape index (κ2) is 7.05. The smallest absolute Gasteiger partial charge is 0.227 e. The lowest BCUT2D eigenvalue weighted by Crippen LogP contribution is -3.00. The minimum Gasteiger partial charge on any atom is -1.00 e. The Bertz CT molecular complexity index is 342. The molecule has 15 heavy (non-hydrogen) atoms. The highest BCUT2D eigenvalue weighted by molar-refractivity contribution is 7.99. The molecule has 0 atom stereocenters. The van der Waals surface area contributed by atoms with Gasteiger partial charge >= 0.3 is 0 Å². The summed E-state index contributed by atoms with van der Waals surface area (Å²) in [4.78, 5) is 1.19. The molecule has 1 rings (SSSR count). The van der Waals surface area contributed by atoms with Crippen LogP contribution in [0.15, 0.2) is 28.4 Å². The third-order valence-electron chi connectivity index (χ3n) is 1.72. The molecule has 0 aliphatic heterocycles. The number of thioether (sulfide) groups is 1. The SMILES string of the molecule is CC(C)Sc1cc[n+](C)c(/C=N/O)c1.[I-]. The van der Waals surface area contributed by atoms with Gasteiger partial charge in [-0.1, -0.05) is 19.0 Å². The van der Waals surface area contributed by atoms with Crippen molar-refractivity contribution in [2.45, 2.75) is 24.0 Å². The van der Waals surface area contributed by atoms with Crippen molar-refractivity contribution in [3.8, 4) is 0 Å². The molecule has 5 heteroatoms. The number of hydrogen-bond donors (Lipinski definition) is 1. The number of halogens is 1. The minimum absolute atomic E-state index is 0. The number of hydrogen-bond acceptors (Lipinski definition) is 3. The van der Waals surface area contributed by atoms with Crippen LogP contribution in [0.4, 0.5) is 0 Å². The topological polar surface area (TPSA) is 36.5 Å². The highest BCUT2D eigenvalue weighted by Gasteiger charge is 2.06. The molecule has 84 valence electrons. The quantitative estimate of drug-likeness (QED) is 0.188. The first-order valence-electron chi connectivity index (χ1n) is 4.47. The van der Waals surface area contributed by atoms with E-state index in [0.29, 0.717) is 5.25 Å². The van der Waals surface area contributed by atoms with Crippen molar-refractivity contribution in [2.24, 2.45) is 12.2 Å². The summed E-state index contributed by atoms with van der Waals surface area (Å²) < 4.78 is 1.91. The second-order valence-corrected chi connectivity index (χ2v) is 4.96. The summed E-state index contributed by atoms with van der Waals surface area (Å²) in [7, 11) is 1.92. The van der Waals surface area contributed by atoms with Crippen molar-refractivity contribution in [1.29, 1.82) is 0 Å². The van der Waals surface area contributed by atoms with Gasteiger partial charge in [-0.25, -0.2) is 4.57 Å². The Morgan fingerprint density at radius 1 is 1.53 bits per heavy atom. The molecular weight excluding hydrogens is 323 g/mol. The lowest BCUT2D eigenvalue weighted by atomic mass is 10.3. The van der Waals surface area contributed by atoms with E-state index < -0.39 is 0 Å². The van der Waals surface area contributed by atoms with Crippen molar-refractivity contribution in [3.05, 3.63) is 24.0 Å². The van der Waals surface area contributed by atoms with Crippen LogP contribution in [0.5, 0.6) is 0 Å². The standard InChI is InChI=1S/C10H14N2OS.HI/c1-8(2)14-10-4-5-12(3)9(6-10)7-11-13;/h4-8H,1-3H3;1H. The average molecular weight is 338 g/mol. The van der Waals surface area contributed by atoms with Crippen LogP contribution < -0.4 is 28.5 Å². The molecular formula is C10H15IN2OS. The first kappa shape index (κ1) is 14.7. The Balaban J connectivity index is 0.00000196. The zero-order chi connectivity index (χ0) is 10.6. The van der Waals surface area contributed by atoms with Crippen LogP contribution >= 0.6 is 11.8 Å². The van der Waals surface area contributed by atoms with E-state index in [9.17, 15) is 0 Å². The first-order valence-corrected chi connectivity index (χ1v) is 5.35. The summed E-state index contributed by atoms with van der Waals surface area (Å²) in [6.07, 6.45) is 3.39. The van der Waals surface area contributed by atoms with E-state index in [1.807, 2.05) is 23.9 Å². The van der Waals surface area contributed by atoms with Crippen LogP contribution in [0.25, 0.3) is 0 Å². The van der Waals surface area contributed by atoms with E-state index in [1.54, 1.807) is 11.8 Å². The fourth-order valence-corrected chi connectivity index (χ4v) is 1.97. The van der Waals surface area contributed by atoms with E-state index in [0.717, 1.165) is 5.69 Å². The molecule has 3 nitrogen and oxygen atoms in total. The highest BCUT2D eigenvalue weighted by atomic mass is 127. The minimum atomic E-state index is 0. The van der Waals surface area contributed by atoms with Crippen LogP contribution in [0.2, 0.25) is 0 Å². The molecule has 0 saturated heterocycles. The van der Waals surface area contributed by atoms with Gasteiger partial charge in [0, 0.05) is 22.3 Å². The van der Waals surface area contributed by atoms with Gasteiger partial charge in [-0.3, -0.25) is 0 Å². The van der Waals surface area contributed by atoms with E-state index >= 15 is 0 Å². The van der Waals surface area contributed by atoms with Crippen molar-refractivity contribution in [1.82, 2.24) is 0 Å². The number of nitrogens with zero attached hydrogens (tertiary/aromatic N) is 2. The highest BCUT2D eigenvalue weighted by Crippen LogP contribution is 2.21. The third kappa shape index (κ3) is 4.83. The fraction of sp³-hybridized carbons (Fsp3) is 0.400. The molecule has 1 aromatic rings. The van der Waals surface area contributed by atoms with Gasteiger partial charge in [0.25, 0.3) is 0 Å². The number of oxime groups is 1. The molecule has 1 aromatic heterocycles. The van der Waals surface area contributed by atoms with Gasteiger partial charge in [0.2, 0.25) is 5.69 Å². The Labute approximate surface area is 112 Å². The van der Waals surface area contributed by atoms with Gasteiger partial charge in [0.15, 0.2) is 6.20 Å². The molecule has 0 aliphatic rings. The molecule has 1 N–H and O–H groups in total. The Morgan fingerprint density at radius 3 is 2.73 bits per heavy atom. The van der Waals surface area contributed by atoms with Gasteiger partial charge in [0.1, 0.15) is 13.3 Å². The monoisotopic (exact) mass is 338 g/mol. The Hall–Kier alpha value is -0.300. The van der Waals surface area contributed by atoms with Crippen LogP contribution in [0.1, 0.15) is 19.5 Å². The zero-order valence-electron chi connectivity index (χ0n) is 9.01. The molecule has 0 saturated carbocycles. The number of pyridine rings is 1. The van der Waals surface area contributed by atoms with Gasteiger partial charge in [0.05, 0.1) is 0 Å². The molecule has 1 heterocycles. The summed E-state index contributed by atoms with van der Waals surface area (Å²) in [5.41, 5.74) is 0.887. The van der Waals surface area contributed by atoms with Gasteiger partial charge in [-0.15, -0.1) is 11.8 Å². The molecule has 0 amide bonds. The Morgan fingerprint density at radius 2 is 2.20 bits per heavy atom. The molecule has 0 radical (unpaired) electrons. The maximum atomic E-state index is 8.47. The molecule has 0 bridgehead atoms. The molecule has 0 aliphatic carbocycles. The van der Waals surface area contributed by atoms with Crippen molar-refractivity contribution < 1.29 is 33.8 Å². The van der Waals surface area contributed by atoms with Crippen LogP contribution in [0.3, 0.4) is 0 Å². The summed E-state index contributed by atoms with van der Waals surface area (Å²) in [6, 6.07) is 4.06. The lowest BCUT2D eigenvalue weighted by molar-refractivity contribution is -0.672. The maximum Gasteiger partial charge on any atom is 0.227 e. The van der Waals surface area contributed by atoms with E-state index in [4.69, 9.17) is 5.21 Å². The van der Waals surface area contributed by atoms with Crippen LogP contribution in [0, 0.1) is 0 Å². The normalized spacial score (nSPS) is 10.7. The number of aryl methyl sites for hydroxylation is 1. The summed E-state index contributed by atoms with van der Waals surface area (Å²) in [5, 5.41) is 12.1. The number of rotatable bonds is 3. The van der Waals surface area contributed by atoms with Crippen LogP contribution in [-0.2, 0) is 7.05 Å². The van der Waals surface area contributed by atoms with Crippen molar-refractivity contribution in [3.63, 3.8) is 0 Å². The summed E-state index contributed by atoms with van der Waals surface area (Å²) >= 11 is 1.79. The van der Waals surface area contributed by atoms with Gasteiger partial charge < -0.3 is 29.2 Å². The second-order valence-electron chi connectivity index (χ2n) is 3.31.